The summed E-state index contributed by atoms with van der Waals surface area (Å²) >= 11 is 5.86. The van der Waals surface area contributed by atoms with Gasteiger partial charge in [-0.25, -0.2) is 0 Å². The van der Waals surface area contributed by atoms with Crippen molar-refractivity contribution in [2.75, 3.05) is 7.11 Å². The van der Waals surface area contributed by atoms with E-state index in [1.165, 1.54) is 6.07 Å². The highest BCUT2D eigenvalue weighted by Crippen LogP contribution is 2.26. The van der Waals surface area contributed by atoms with E-state index in [0.717, 1.165) is 16.9 Å². The molecular weight excluding hydrogens is 290 g/mol. The van der Waals surface area contributed by atoms with E-state index in [-0.39, 0.29) is 12.2 Å². The first-order valence-electron chi connectivity index (χ1n) is 6.37. The van der Waals surface area contributed by atoms with E-state index in [9.17, 15) is 4.79 Å². The number of amides is 1. The summed E-state index contributed by atoms with van der Waals surface area (Å²) in [6.45, 7) is 2.26. The number of carbonyl (C=O) groups is 1. The van der Waals surface area contributed by atoms with Crippen molar-refractivity contribution in [3.63, 3.8) is 0 Å². The maximum absolute atomic E-state index is 11.4. The largest absolute Gasteiger partial charge is 0.496 e. The molecule has 0 heterocycles. The van der Waals surface area contributed by atoms with Gasteiger partial charge in [0, 0.05) is 10.6 Å². The minimum atomic E-state index is -0.580. The fourth-order valence-electron chi connectivity index (χ4n) is 2.00. The molecule has 2 aromatic rings. The highest BCUT2D eigenvalue weighted by molar-refractivity contribution is 6.31. The molecule has 0 fully saturated rings. The summed E-state index contributed by atoms with van der Waals surface area (Å²) in [5, 5.41) is 0.435. The molecule has 0 aromatic heterocycles. The second-order valence-corrected chi connectivity index (χ2v) is 5.05. The lowest BCUT2D eigenvalue weighted by Gasteiger charge is -2.13. The van der Waals surface area contributed by atoms with Crippen molar-refractivity contribution in [3.8, 4) is 11.5 Å². The third-order valence-electron chi connectivity index (χ3n) is 3.03. The molecule has 0 saturated heterocycles. The molecule has 1 amide bonds. The van der Waals surface area contributed by atoms with E-state index >= 15 is 0 Å². The summed E-state index contributed by atoms with van der Waals surface area (Å²) in [5.41, 5.74) is 7.58. The summed E-state index contributed by atoms with van der Waals surface area (Å²) in [7, 11) is 1.60. The lowest BCUT2D eigenvalue weighted by molar-refractivity contribution is 0.0996. The summed E-state index contributed by atoms with van der Waals surface area (Å²) in [6, 6.07) is 10.6. The van der Waals surface area contributed by atoms with Gasteiger partial charge in [-0.2, -0.15) is 0 Å². The van der Waals surface area contributed by atoms with Crippen molar-refractivity contribution in [3.05, 3.63) is 58.1 Å². The second-order valence-electron chi connectivity index (χ2n) is 4.61. The molecule has 2 N–H and O–H groups in total. The fraction of sp³-hybridized carbons (Fsp3) is 0.188. The minimum Gasteiger partial charge on any atom is -0.496 e. The highest BCUT2D eigenvalue weighted by atomic mass is 35.5. The Morgan fingerprint density at radius 3 is 2.57 bits per heavy atom. The molecule has 110 valence electrons. The van der Waals surface area contributed by atoms with E-state index in [2.05, 4.69) is 0 Å². The zero-order valence-electron chi connectivity index (χ0n) is 11.9. The van der Waals surface area contributed by atoms with Crippen LogP contribution in [0.1, 0.15) is 21.5 Å². The van der Waals surface area contributed by atoms with Gasteiger partial charge >= 0.3 is 0 Å². The van der Waals surface area contributed by atoms with Crippen molar-refractivity contribution >= 4 is 17.5 Å². The Balaban J connectivity index is 2.24. The molecule has 21 heavy (non-hydrogen) atoms. The standard InChI is InChI=1S/C16H16ClNO3/c1-10-3-5-14(20-2)11(7-10)9-21-15-6-4-12(17)8-13(15)16(18)19/h3-8H,9H2,1-2H3,(H2,18,19). The number of rotatable bonds is 5. The third kappa shape index (κ3) is 3.67. The van der Waals surface area contributed by atoms with Crippen LogP contribution in [0.4, 0.5) is 0 Å². The van der Waals surface area contributed by atoms with Gasteiger partial charge in [-0.3, -0.25) is 4.79 Å². The molecule has 4 nitrogen and oxygen atoms in total. The van der Waals surface area contributed by atoms with Crippen LogP contribution in [0.3, 0.4) is 0 Å². The molecule has 0 bridgehead atoms. The third-order valence-corrected chi connectivity index (χ3v) is 3.26. The lowest BCUT2D eigenvalue weighted by atomic mass is 10.1. The predicted molar refractivity (Wildman–Crippen MR) is 82.0 cm³/mol. The van der Waals surface area contributed by atoms with Crippen LogP contribution in [0.15, 0.2) is 36.4 Å². The van der Waals surface area contributed by atoms with E-state index in [0.29, 0.717) is 10.8 Å². The Labute approximate surface area is 128 Å². The first kappa shape index (κ1) is 15.2. The molecule has 0 saturated carbocycles. The minimum absolute atomic E-state index is 0.258. The fourth-order valence-corrected chi connectivity index (χ4v) is 2.17. The number of hydrogen-bond acceptors (Lipinski definition) is 3. The molecule has 0 spiro atoms. The van der Waals surface area contributed by atoms with Crippen LogP contribution in [-0.4, -0.2) is 13.0 Å². The van der Waals surface area contributed by atoms with Gasteiger partial charge in [0.2, 0.25) is 0 Å². The van der Waals surface area contributed by atoms with Crippen LogP contribution in [0.2, 0.25) is 5.02 Å². The Kier molecular flexibility index (Phi) is 4.70. The number of primary amides is 1. The number of carbonyl (C=O) groups excluding carboxylic acids is 1. The van der Waals surface area contributed by atoms with Gasteiger partial charge in [0.1, 0.15) is 18.1 Å². The van der Waals surface area contributed by atoms with Crippen LogP contribution in [0, 0.1) is 6.92 Å². The Bertz CT molecular complexity index is 671. The summed E-state index contributed by atoms with van der Waals surface area (Å²) in [4.78, 5) is 11.4. The molecular formula is C16H16ClNO3. The molecule has 0 unspecified atom stereocenters. The topological polar surface area (TPSA) is 61.6 Å². The van der Waals surface area contributed by atoms with E-state index < -0.39 is 5.91 Å². The number of methoxy groups -OCH3 is 1. The molecule has 2 aromatic carbocycles. The number of ether oxygens (including phenoxy) is 2. The van der Waals surface area contributed by atoms with Crippen LogP contribution in [-0.2, 0) is 6.61 Å². The van der Waals surface area contributed by atoms with E-state index in [1.807, 2.05) is 25.1 Å². The van der Waals surface area contributed by atoms with Crippen molar-refractivity contribution in [1.29, 1.82) is 0 Å². The van der Waals surface area contributed by atoms with Crippen molar-refractivity contribution in [2.45, 2.75) is 13.5 Å². The molecule has 0 aliphatic carbocycles. The van der Waals surface area contributed by atoms with Gasteiger partial charge in [-0.15, -0.1) is 0 Å². The van der Waals surface area contributed by atoms with E-state index in [1.54, 1.807) is 19.2 Å². The summed E-state index contributed by atoms with van der Waals surface area (Å²) in [6.07, 6.45) is 0. The first-order valence-corrected chi connectivity index (χ1v) is 6.74. The van der Waals surface area contributed by atoms with E-state index in [4.69, 9.17) is 26.8 Å². The number of halogens is 1. The maximum atomic E-state index is 11.4. The molecule has 0 radical (unpaired) electrons. The van der Waals surface area contributed by atoms with Gasteiger partial charge in [-0.1, -0.05) is 23.2 Å². The van der Waals surface area contributed by atoms with Gasteiger partial charge in [0.05, 0.1) is 12.7 Å². The zero-order valence-corrected chi connectivity index (χ0v) is 12.6. The maximum Gasteiger partial charge on any atom is 0.252 e. The first-order chi connectivity index (χ1) is 10.0. The molecule has 0 aliphatic heterocycles. The highest BCUT2D eigenvalue weighted by Gasteiger charge is 2.11. The predicted octanol–water partition coefficient (Wildman–Crippen LogP) is 3.33. The summed E-state index contributed by atoms with van der Waals surface area (Å²) in [5.74, 6) is 0.550. The van der Waals surface area contributed by atoms with Gasteiger partial charge < -0.3 is 15.2 Å². The monoisotopic (exact) mass is 305 g/mol. The molecule has 0 atom stereocenters. The number of hydrogen-bond donors (Lipinski definition) is 1. The van der Waals surface area contributed by atoms with Crippen molar-refractivity contribution in [2.24, 2.45) is 5.73 Å². The van der Waals surface area contributed by atoms with Crippen LogP contribution in [0.25, 0.3) is 0 Å². The average molecular weight is 306 g/mol. The Morgan fingerprint density at radius 2 is 1.90 bits per heavy atom. The molecule has 0 aliphatic rings. The van der Waals surface area contributed by atoms with Gasteiger partial charge in [-0.05, 0) is 37.3 Å². The van der Waals surface area contributed by atoms with Crippen LogP contribution >= 0.6 is 11.6 Å². The quantitative estimate of drug-likeness (QED) is 0.921. The molecule has 5 heteroatoms. The Hall–Kier alpha value is -2.20. The van der Waals surface area contributed by atoms with Crippen LogP contribution in [0.5, 0.6) is 11.5 Å². The number of benzene rings is 2. The smallest absolute Gasteiger partial charge is 0.252 e. The van der Waals surface area contributed by atoms with Gasteiger partial charge in [0.15, 0.2) is 0 Å². The molecule has 2 rings (SSSR count). The normalized spacial score (nSPS) is 10.2. The van der Waals surface area contributed by atoms with Crippen molar-refractivity contribution in [1.82, 2.24) is 0 Å². The zero-order chi connectivity index (χ0) is 15.4. The SMILES string of the molecule is COc1ccc(C)cc1COc1ccc(Cl)cc1C(N)=O. The lowest BCUT2D eigenvalue weighted by Crippen LogP contribution is -2.13. The summed E-state index contributed by atoms with van der Waals surface area (Å²) < 4.78 is 11.0. The van der Waals surface area contributed by atoms with Gasteiger partial charge in [0.25, 0.3) is 5.91 Å². The number of nitrogens with two attached hydrogens (primary N) is 1. The second kappa shape index (κ2) is 6.50. The average Bonchev–Trinajstić information content (AvgIpc) is 2.46. The van der Waals surface area contributed by atoms with Crippen molar-refractivity contribution < 1.29 is 14.3 Å². The Morgan fingerprint density at radius 1 is 1.19 bits per heavy atom. The van der Waals surface area contributed by atoms with Crippen LogP contribution < -0.4 is 15.2 Å². The number of aryl methyl sites for hydroxylation is 1.